The summed E-state index contributed by atoms with van der Waals surface area (Å²) in [4.78, 5) is 15.6. The fourth-order valence-corrected chi connectivity index (χ4v) is 1.17. The Morgan fingerprint density at radius 1 is 1.56 bits per heavy atom. The second-order valence-corrected chi connectivity index (χ2v) is 4.35. The van der Waals surface area contributed by atoms with E-state index in [9.17, 15) is 4.79 Å². The standard InChI is InChI=1S/C11H17N3O2/c1-11(2,7-15)14-10(16)5-9-4-3-8(12)6-13-9/h3-4,6,15H,5,7,12H2,1-2H3,(H,14,16). The van der Waals surface area contributed by atoms with Crippen molar-refractivity contribution in [3.63, 3.8) is 0 Å². The number of nitrogens with one attached hydrogen (secondary N) is 1. The minimum Gasteiger partial charge on any atom is -0.397 e. The predicted octanol–water partition coefficient (Wildman–Crippen LogP) is 0.0934. The summed E-state index contributed by atoms with van der Waals surface area (Å²) < 4.78 is 0. The van der Waals surface area contributed by atoms with Gasteiger partial charge in [0, 0.05) is 5.69 Å². The Labute approximate surface area is 94.7 Å². The molecule has 1 heterocycles. The fourth-order valence-electron chi connectivity index (χ4n) is 1.17. The van der Waals surface area contributed by atoms with Crippen LogP contribution in [-0.2, 0) is 11.2 Å². The molecule has 0 bridgehead atoms. The summed E-state index contributed by atoms with van der Waals surface area (Å²) in [6, 6.07) is 3.41. The molecule has 1 amide bonds. The van der Waals surface area contributed by atoms with Gasteiger partial charge in [0.1, 0.15) is 0 Å². The Bertz CT molecular complexity index is 360. The van der Waals surface area contributed by atoms with E-state index in [2.05, 4.69) is 10.3 Å². The van der Waals surface area contributed by atoms with Crippen LogP contribution in [0, 0.1) is 0 Å². The Morgan fingerprint density at radius 3 is 2.75 bits per heavy atom. The van der Waals surface area contributed by atoms with Gasteiger partial charge in [-0.25, -0.2) is 0 Å². The van der Waals surface area contributed by atoms with Gasteiger partial charge in [0.25, 0.3) is 0 Å². The van der Waals surface area contributed by atoms with Gasteiger partial charge < -0.3 is 16.2 Å². The number of amides is 1. The number of nitrogens with zero attached hydrogens (tertiary/aromatic N) is 1. The van der Waals surface area contributed by atoms with Crippen LogP contribution in [0.5, 0.6) is 0 Å². The van der Waals surface area contributed by atoms with E-state index in [1.54, 1.807) is 26.0 Å². The molecule has 0 saturated carbocycles. The maximum atomic E-state index is 11.6. The molecular weight excluding hydrogens is 206 g/mol. The molecule has 0 aliphatic heterocycles. The second-order valence-electron chi connectivity index (χ2n) is 4.35. The van der Waals surface area contributed by atoms with Gasteiger partial charge in [-0.15, -0.1) is 0 Å². The minimum absolute atomic E-state index is 0.103. The van der Waals surface area contributed by atoms with Gasteiger partial charge in [-0.05, 0) is 26.0 Å². The molecule has 5 nitrogen and oxygen atoms in total. The number of carbonyl (C=O) groups is 1. The van der Waals surface area contributed by atoms with Crippen molar-refractivity contribution in [3.05, 3.63) is 24.0 Å². The molecule has 1 rings (SSSR count). The molecule has 0 radical (unpaired) electrons. The summed E-state index contributed by atoms with van der Waals surface area (Å²) in [5.74, 6) is -0.170. The van der Waals surface area contributed by atoms with Crippen LogP contribution >= 0.6 is 0 Å². The molecular formula is C11H17N3O2. The molecule has 0 aliphatic rings. The third kappa shape index (κ3) is 3.86. The Balaban J connectivity index is 2.55. The Morgan fingerprint density at radius 2 is 2.25 bits per heavy atom. The largest absolute Gasteiger partial charge is 0.397 e. The van der Waals surface area contributed by atoms with E-state index in [4.69, 9.17) is 10.8 Å². The number of aromatic nitrogens is 1. The highest BCUT2D eigenvalue weighted by atomic mass is 16.3. The first kappa shape index (κ1) is 12.4. The van der Waals surface area contributed by atoms with Crippen LogP contribution in [0.15, 0.2) is 18.3 Å². The molecule has 0 spiro atoms. The van der Waals surface area contributed by atoms with Crippen molar-refractivity contribution in [1.29, 1.82) is 0 Å². The maximum Gasteiger partial charge on any atom is 0.226 e. The molecule has 0 fully saturated rings. The fraction of sp³-hybridized carbons (Fsp3) is 0.455. The minimum atomic E-state index is -0.606. The van der Waals surface area contributed by atoms with Crippen molar-refractivity contribution >= 4 is 11.6 Å². The number of aliphatic hydroxyl groups is 1. The van der Waals surface area contributed by atoms with Crippen molar-refractivity contribution in [2.24, 2.45) is 0 Å². The van der Waals surface area contributed by atoms with Crippen molar-refractivity contribution in [1.82, 2.24) is 10.3 Å². The van der Waals surface area contributed by atoms with Gasteiger partial charge in [-0.2, -0.15) is 0 Å². The van der Waals surface area contributed by atoms with Gasteiger partial charge in [-0.1, -0.05) is 0 Å². The average molecular weight is 223 g/mol. The van der Waals surface area contributed by atoms with E-state index in [0.29, 0.717) is 11.4 Å². The summed E-state index contributed by atoms with van der Waals surface area (Å²) in [5.41, 5.74) is 6.10. The van der Waals surface area contributed by atoms with Gasteiger partial charge in [0.2, 0.25) is 5.91 Å². The van der Waals surface area contributed by atoms with Crippen LogP contribution in [0.3, 0.4) is 0 Å². The van der Waals surface area contributed by atoms with Gasteiger partial charge in [0.05, 0.1) is 30.5 Å². The van der Waals surface area contributed by atoms with E-state index in [1.165, 1.54) is 6.20 Å². The molecule has 4 N–H and O–H groups in total. The number of aliphatic hydroxyl groups excluding tert-OH is 1. The lowest BCUT2D eigenvalue weighted by Gasteiger charge is -2.23. The maximum absolute atomic E-state index is 11.6. The zero-order valence-electron chi connectivity index (χ0n) is 9.53. The van der Waals surface area contributed by atoms with E-state index >= 15 is 0 Å². The van der Waals surface area contributed by atoms with Crippen LogP contribution in [0.1, 0.15) is 19.5 Å². The number of nitrogens with two attached hydrogens (primary N) is 1. The molecule has 5 heteroatoms. The van der Waals surface area contributed by atoms with E-state index < -0.39 is 5.54 Å². The molecule has 1 aromatic heterocycles. The molecule has 0 atom stereocenters. The Kier molecular flexibility index (Phi) is 3.84. The first-order valence-electron chi connectivity index (χ1n) is 5.05. The number of nitrogen functional groups attached to an aromatic ring is 1. The molecule has 1 aromatic rings. The van der Waals surface area contributed by atoms with Crippen molar-refractivity contribution < 1.29 is 9.90 Å². The third-order valence-electron chi connectivity index (χ3n) is 2.06. The first-order chi connectivity index (χ1) is 7.43. The van der Waals surface area contributed by atoms with Gasteiger partial charge >= 0.3 is 0 Å². The van der Waals surface area contributed by atoms with Crippen LogP contribution in [-0.4, -0.2) is 28.1 Å². The number of hydrogen-bond acceptors (Lipinski definition) is 4. The lowest BCUT2D eigenvalue weighted by molar-refractivity contribution is -0.122. The summed E-state index contributed by atoms with van der Waals surface area (Å²) in [6.07, 6.45) is 1.70. The normalized spacial score (nSPS) is 11.2. The lowest BCUT2D eigenvalue weighted by atomic mass is 10.1. The van der Waals surface area contributed by atoms with Crippen LogP contribution < -0.4 is 11.1 Å². The third-order valence-corrected chi connectivity index (χ3v) is 2.06. The summed E-state index contributed by atoms with van der Waals surface area (Å²) in [6.45, 7) is 3.40. The van der Waals surface area contributed by atoms with Crippen LogP contribution in [0.2, 0.25) is 0 Å². The van der Waals surface area contributed by atoms with E-state index in [0.717, 1.165) is 0 Å². The van der Waals surface area contributed by atoms with Gasteiger partial charge in [0.15, 0.2) is 0 Å². The highest BCUT2D eigenvalue weighted by Crippen LogP contribution is 2.04. The van der Waals surface area contributed by atoms with E-state index in [-0.39, 0.29) is 18.9 Å². The zero-order chi connectivity index (χ0) is 12.2. The molecule has 0 saturated heterocycles. The first-order valence-corrected chi connectivity index (χ1v) is 5.05. The topological polar surface area (TPSA) is 88.2 Å². The van der Waals surface area contributed by atoms with Crippen LogP contribution in [0.25, 0.3) is 0 Å². The number of carbonyl (C=O) groups excluding carboxylic acids is 1. The highest BCUT2D eigenvalue weighted by Gasteiger charge is 2.19. The number of anilines is 1. The SMILES string of the molecule is CC(C)(CO)NC(=O)Cc1ccc(N)cn1. The molecule has 88 valence electrons. The molecule has 0 unspecified atom stereocenters. The summed E-state index contributed by atoms with van der Waals surface area (Å²) in [7, 11) is 0. The van der Waals surface area contributed by atoms with Gasteiger partial charge in [-0.3, -0.25) is 9.78 Å². The monoisotopic (exact) mass is 223 g/mol. The number of hydrogen-bond donors (Lipinski definition) is 3. The van der Waals surface area contributed by atoms with E-state index in [1.807, 2.05) is 0 Å². The molecule has 16 heavy (non-hydrogen) atoms. The number of rotatable bonds is 4. The lowest BCUT2D eigenvalue weighted by Crippen LogP contribution is -2.46. The highest BCUT2D eigenvalue weighted by molar-refractivity contribution is 5.78. The average Bonchev–Trinajstić information content (AvgIpc) is 2.21. The second kappa shape index (κ2) is 4.94. The zero-order valence-corrected chi connectivity index (χ0v) is 9.53. The van der Waals surface area contributed by atoms with Crippen molar-refractivity contribution in [2.75, 3.05) is 12.3 Å². The predicted molar refractivity (Wildman–Crippen MR) is 61.7 cm³/mol. The van der Waals surface area contributed by atoms with Crippen LogP contribution in [0.4, 0.5) is 5.69 Å². The van der Waals surface area contributed by atoms with Crippen molar-refractivity contribution in [3.8, 4) is 0 Å². The number of pyridine rings is 1. The summed E-state index contributed by atoms with van der Waals surface area (Å²) >= 11 is 0. The molecule has 0 aliphatic carbocycles. The quantitative estimate of drug-likeness (QED) is 0.675. The van der Waals surface area contributed by atoms with Crippen molar-refractivity contribution in [2.45, 2.75) is 25.8 Å². The smallest absolute Gasteiger partial charge is 0.226 e. The Hall–Kier alpha value is -1.62. The summed E-state index contributed by atoms with van der Waals surface area (Å²) in [5, 5.41) is 11.7. The molecule has 0 aromatic carbocycles.